The third-order valence-corrected chi connectivity index (χ3v) is 3.49. The Balaban J connectivity index is 1.87. The van der Waals surface area contributed by atoms with E-state index in [-0.39, 0.29) is 17.6 Å². The number of alkyl halides is 3. The lowest BCUT2D eigenvalue weighted by Crippen LogP contribution is -2.23. The van der Waals surface area contributed by atoms with Crippen LogP contribution in [0.4, 0.5) is 24.8 Å². The van der Waals surface area contributed by atoms with Crippen molar-refractivity contribution in [3.63, 3.8) is 0 Å². The van der Waals surface area contributed by atoms with Crippen LogP contribution in [0.15, 0.2) is 70.5 Å². The molecule has 0 atom stereocenters. The van der Waals surface area contributed by atoms with Crippen molar-refractivity contribution in [2.45, 2.75) is 6.18 Å². The van der Waals surface area contributed by atoms with Crippen molar-refractivity contribution in [2.75, 3.05) is 5.32 Å². The van der Waals surface area contributed by atoms with Crippen molar-refractivity contribution in [1.82, 2.24) is 9.97 Å². The van der Waals surface area contributed by atoms with Crippen molar-refractivity contribution in [1.29, 1.82) is 0 Å². The molecule has 3 rings (SSSR count). The van der Waals surface area contributed by atoms with Crippen molar-refractivity contribution in [2.24, 2.45) is 10.7 Å². The van der Waals surface area contributed by atoms with Gasteiger partial charge in [-0.05, 0) is 18.2 Å². The number of hydrogen-bond donors (Lipinski definition) is 3. The maximum absolute atomic E-state index is 12.8. The molecule has 0 fully saturated rings. The summed E-state index contributed by atoms with van der Waals surface area (Å²) in [5, 5.41) is 2.55. The fraction of sp³-hybridized carbons (Fsp3) is 0.0556. The lowest BCUT2D eigenvalue weighted by molar-refractivity contribution is -0.137. The minimum atomic E-state index is -4.47. The number of H-pyrrole nitrogens is 1. The molecule has 6 nitrogen and oxygen atoms in total. The van der Waals surface area contributed by atoms with Crippen molar-refractivity contribution in [3.8, 4) is 11.3 Å². The number of guanidine groups is 1. The molecule has 27 heavy (non-hydrogen) atoms. The number of nitrogens with two attached hydrogens (primary N) is 1. The zero-order valence-electron chi connectivity index (χ0n) is 13.8. The zero-order valence-corrected chi connectivity index (χ0v) is 13.8. The Morgan fingerprint density at radius 2 is 1.81 bits per heavy atom. The van der Waals surface area contributed by atoms with E-state index in [1.54, 1.807) is 24.3 Å². The fourth-order valence-electron chi connectivity index (χ4n) is 2.32. The van der Waals surface area contributed by atoms with Crippen molar-refractivity contribution in [3.05, 3.63) is 76.6 Å². The molecule has 4 N–H and O–H groups in total. The van der Waals surface area contributed by atoms with Crippen LogP contribution in [-0.4, -0.2) is 15.9 Å². The number of aromatic nitrogens is 2. The van der Waals surface area contributed by atoms with E-state index in [1.807, 2.05) is 6.07 Å². The number of benzene rings is 2. The Hall–Kier alpha value is -3.62. The van der Waals surface area contributed by atoms with E-state index < -0.39 is 17.3 Å². The van der Waals surface area contributed by atoms with E-state index in [9.17, 15) is 18.0 Å². The first-order valence-corrected chi connectivity index (χ1v) is 7.76. The van der Waals surface area contributed by atoms with Gasteiger partial charge in [0.15, 0.2) is 0 Å². The van der Waals surface area contributed by atoms with Crippen molar-refractivity contribution >= 4 is 17.6 Å². The molecule has 0 bridgehead atoms. The van der Waals surface area contributed by atoms with Gasteiger partial charge in [0.1, 0.15) is 0 Å². The number of nitrogens with zero attached hydrogens (tertiary/aromatic N) is 2. The first kappa shape index (κ1) is 18.2. The smallest absolute Gasteiger partial charge is 0.369 e. The monoisotopic (exact) mass is 373 g/mol. The van der Waals surface area contributed by atoms with Gasteiger partial charge in [-0.25, -0.2) is 4.98 Å². The predicted octanol–water partition coefficient (Wildman–Crippen LogP) is 3.51. The molecule has 1 aromatic heterocycles. The summed E-state index contributed by atoms with van der Waals surface area (Å²) >= 11 is 0. The number of anilines is 1. The number of rotatable bonds is 3. The average molecular weight is 373 g/mol. The lowest BCUT2D eigenvalue weighted by atomic mass is 10.1. The van der Waals surface area contributed by atoms with Gasteiger partial charge < -0.3 is 11.1 Å². The molecule has 0 aliphatic rings. The second kappa shape index (κ2) is 7.32. The molecule has 0 spiro atoms. The number of aromatic amines is 1. The van der Waals surface area contributed by atoms with Gasteiger partial charge in [0.25, 0.3) is 5.56 Å². The summed E-state index contributed by atoms with van der Waals surface area (Å²) in [4.78, 5) is 22.4. The van der Waals surface area contributed by atoms with Gasteiger partial charge in [-0.2, -0.15) is 18.2 Å². The second-order valence-corrected chi connectivity index (χ2v) is 5.52. The van der Waals surface area contributed by atoms with Crippen LogP contribution in [0.3, 0.4) is 0 Å². The van der Waals surface area contributed by atoms with Gasteiger partial charge in [-0.15, -0.1) is 0 Å². The number of halogens is 3. The quantitative estimate of drug-likeness (QED) is 0.483. The van der Waals surface area contributed by atoms with Crippen LogP contribution in [0.25, 0.3) is 11.3 Å². The third kappa shape index (κ3) is 4.72. The first-order chi connectivity index (χ1) is 12.8. The molecule has 3 aromatic rings. The molecule has 0 aliphatic carbocycles. The molecule has 0 radical (unpaired) electrons. The summed E-state index contributed by atoms with van der Waals surface area (Å²) in [6.07, 6.45) is -4.47. The summed E-state index contributed by atoms with van der Waals surface area (Å²) in [6, 6.07) is 14.8. The highest BCUT2D eigenvalue weighted by atomic mass is 19.4. The molecule has 0 aliphatic heterocycles. The van der Waals surface area contributed by atoms with E-state index in [4.69, 9.17) is 5.73 Å². The summed E-state index contributed by atoms with van der Waals surface area (Å²) < 4.78 is 38.3. The molecular formula is C18H14F3N5O. The Kier molecular flexibility index (Phi) is 4.93. The average Bonchev–Trinajstić information content (AvgIpc) is 2.61. The molecule has 0 saturated carbocycles. The molecule has 138 valence electrons. The highest BCUT2D eigenvalue weighted by molar-refractivity contribution is 5.93. The van der Waals surface area contributed by atoms with E-state index >= 15 is 0 Å². The van der Waals surface area contributed by atoms with Crippen LogP contribution in [0.1, 0.15) is 5.56 Å². The van der Waals surface area contributed by atoms with Gasteiger partial charge >= 0.3 is 6.18 Å². The van der Waals surface area contributed by atoms with Gasteiger partial charge in [0.2, 0.25) is 11.9 Å². The lowest BCUT2D eigenvalue weighted by Gasteiger charge is -2.10. The largest absolute Gasteiger partial charge is 0.416 e. The molecule has 1 heterocycles. The van der Waals surface area contributed by atoms with E-state index in [2.05, 4.69) is 20.3 Å². The number of aliphatic imine (C=N–C) groups is 1. The molecule has 2 aromatic carbocycles. The normalized spacial score (nSPS) is 12.0. The summed E-state index contributed by atoms with van der Waals surface area (Å²) in [6.45, 7) is 0. The maximum atomic E-state index is 12.8. The summed E-state index contributed by atoms with van der Waals surface area (Å²) in [5.74, 6) is -0.291. The molecule has 0 unspecified atom stereocenters. The summed E-state index contributed by atoms with van der Waals surface area (Å²) in [7, 11) is 0. The number of hydrogen-bond acceptors (Lipinski definition) is 3. The van der Waals surface area contributed by atoms with Crippen LogP contribution in [0.2, 0.25) is 0 Å². The predicted molar refractivity (Wildman–Crippen MR) is 96.6 cm³/mol. The Bertz CT molecular complexity index is 1030. The van der Waals surface area contributed by atoms with Crippen LogP contribution in [-0.2, 0) is 6.18 Å². The minimum absolute atomic E-state index is 0.0710. The van der Waals surface area contributed by atoms with Crippen LogP contribution in [0, 0.1) is 0 Å². The van der Waals surface area contributed by atoms with Crippen LogP contribution < -0.4 is 16.6 Å². The standard InChI is InChI=1S/C18H14F3N5O/c19-18(20,21)12-7-4-8-13(9-12)23-16(22)26-17-24-14(10-15(27)25-17)11-5-2-1-3-6-11/h1-10H,(H4,22,23,24,25,26,27). The molecule has 9 heteroatoms. The highest BCUT2D eigenvalue weighted by Crippen LogP contribution is 2.30. The van der Waals surface area contributed by atoms with Crippen LogP contribution >= 0.6 is 0 Å². The summed E-state index contributed by atoms with van der Waals surface area (Å²) in [5.41, 5.74) is 5.68. The Morgan fingerprint density at radius 1 is 1.07 bits per heavy atom. The minimum Gasteiger partial charge on any atom is -0.369 e. The highest BCUT2D eigenvalue weighted by Gasteiger charge is 2.30. The second-order valence-electron chi connectivity index (χ2n) is 5.52. The van der Waals surface area contributed by atoms with Gasteiger partial charge in [-0.3, -0.25) is 9.78 Å². The first-order valence-electron chi connectivity index (χ1n) is 7.76. The molecule has 0 amide bonds. The molecule has 0 saturated heterocycles. The Morgan fingerprint density at radius 3 is 2.52 bits per heavy atom. The third-order valence-electron chi connectivity index (χ3n) is 3.49. The molecular weight excluding hydrogens is 359 g/mol. The fourth-order valence-corrected chi connectivity index (χ4v) is 2.32. The SMILES string of the molecule is NC(=Nc1nc(-c2ccccc2)cc(=O)[nH]1)Nc1cccc(C(F)(F)F)c1. The topological polar surface area (TPSA) is 96.2 Å². The van der Waals surface area contributed by atoms with Gasteiger partial charge in [0, 0.05) is 17.3 Å². The van der Waals surface area contributed by atoms with Gasteiger partial charge in [-0.1, -0.05) is 36.4 Å². The Labute approximate surface area is 151 Å². The van der Waals surface area contributed by atoms with Crippen molar-refractivity contribution < 1.29 is 13.2 Å². The van der Waals surface area contributed by atoms with E-state index in [0.717, 1.165) is 12.1 Å². The van der Waals surface area contributed by atoms with Gasteiger partial charge in [0.05, 0.1) is 11.3 Å². The maximum Gasteiger partial charge on any atom is 0.416 e. The number of nitrogens with one attached hydrogen (secondary N) is 2. The zero-order chi connectivity index (χ0) is 19.4. The van der Waals surface area contributed by atoms with E-state index in [0.29, 0.717) is 11.3 Å². The van der Waals surface area contributed by atoms with E-state index in [1.165, 1.54) is 18.2 Å². The van der Waals surface area contributed by atoms with Crippen LogP contribution in [0.5, 0.6) is 0 Å².